The number of amides is 1. The summed E-state index contributed by atoms with van der Waals surface area (Å²) >= 11 is 0. The van der Waals surface area contributed by atoms with Gasteiger partial charge >= 0.3 is 0 Å². The molecule has 7 nitrogen and oxygen atoms in total. The van der Waals surface area contributed by atoms with Gasteiger partial charge in [-0.1, -0.05) is 18.2 Å². The average Bonchev–Trinajstić information content (AvgIpc) is 3.30. The van der Waals surface area contributed by atoms with Gasteiger partial charge in [0.15, 0.2) is 11.5 Å². The number of ether oxygens (including phenoxy) is 3. The van der Waals surface area contributed by atoms with E-state index in [4.69, 9.17) is 14.2 Å². The molecule has 2 aromatic carbocycles. The van der Waals surface area contributed by atoms with Gasteiger partial charge in [-0.25, -0.2) is 4.98 Å². The van der Waals surface area contributed by atoms with Crippen LogP contribution in [0.2, 0.25) is 0 Å². The second-order valence-corrected chi connectivity index (χ2v) is 6.07. The largest absolute Gasteiger partial charge is 0.493 e. The maximum Gasteiger partial charge on any atom is 0.244 e. The molecule has 150 valence electrons. The van der Waals surface area contributed by atoms with Crippen molar-refractivity contribution in [3.05, 3.63) is 72.3 Å². The fourth-order valence-corrected chi connectivity index (χ4v) is 2.98. The lowest BCUT2D eigenvalue weighted by atomic mass is 10.1. The first-order valence-corrected chi connectivity index (χ1v) is 8.99. The van der Waals surface area contributed by atoms with Gasteiger partial charge in [0.2, 0.25) is 11.7 Å². The summed E-state index contributed by atoms with van der Waals surface area (Å²) in [4.78, 5) is 16.4. The zero-order valence-corrected chi connectivity index (χ0v) is 16.6. The number of nitrogens with zero attached hydrogens (tertiary/aromatic N) is 2. The van der Waals surface area contributed by atoms with Crippen LogP contribution in [0.25, 0.3) is 11.8 Å². The molecule has 7 heteroatoms. The zero-order valence-electron chi connectivity index (χ0n) is 16.6. The smallest absolute Gasteiger partial charge is 0.244 e. The molecule has 0 aliphatic heterocycles. The van der Waals surface area contributed by atoms with Crippen molar-refractivity contribution in [2.75, 3.05) is 21.3 Å². The summed E-state index contributed by atoms with van der Waals surface area (Å²) in [5.74, 6) is 1.32. The molecule has 0 radical (unpaired) electrons. The Kier molecular flexibility index (Phi) is 6.52. The van der Waals surface area contributed by atoms with Gasteiger partial charge in [0, 0.05) is 30.6 Å². The van der Waals surface area contributed by atoms with E-state index in [1.807, 2.05) is 35.0 Å². The third-order valence-corrected chi connectivity index (χ3v) is 4.38. The molecular formula is C22H23N3O4. The van der Waals surface area contributed by atoms with Crippen molar-refractivity contribution >= 4 is 12.0 Å². The van der Waals surface area contributed by atoms with Gasteiger partial charge in [0.05, 0.1) is 33.3 Å². The standard InChI is InChI=1S/C22H23N3O4/c1-27-19-10-8-16(21(28-2)22(19)29-3)9-11-20(26)24-14-17-6-4-5-7-18(17)25-13-12-23-15-25/h4-13,15H,14H2,1-3H3,(H,24,26)/b11-9+. The second-order valence-electron chi connectivity index (χ2n) is 6.07. The third-order valence-electron chi connectivity index (χ3n) is 4.38. The molecule has 1 N–H and O–H groups in total. The molecule has 0 bridgehead atoms. The van der Waals surface area contributed by atoms with Gasteiger partial charge in [-0.15, -0.1) is 0 Å². The third kappa shape index (κ3) is 4.57. The molecule has 29 heavy (non-hydrogen) atoms. The van der Waals surface area contributed by atoms with Crippen molar-refractivity contribution < 1.29 is 19.0 Å². The maximum absolute atomic E-state index is 12.4. The van der Waals surface area contributed by atoms with Crippen LogP contribution >= 0.6 is 0 Å². The van der Waals surface area contributed by atoms with Crippen LogP contribution in [0.4, 0.5) is 0 Å². The Morgan fingerprint density at radius 2 is 1.86 bits per heavy atom. The van der Waals surface area contributed by atoms with Crippen molar-refractivity contribution in [2.45, 2.75) is 6.54 Å². The van der Waals surface area contributed by atoms with Gasteiger partial charge < -0.3 is 24.1 Å². The van der Waals surface area contributed by atoms with E-state index >= 15 is 0 Å². The number of rotatable bonds is 8. The number of aromatic nitrogens is 2. The molecule has 3 aromatic rings. The van der Waals surface area contributed by atoms with Gasteiger partial charge in [-0.05, 0) is 29.8 Å². The lowest BCUT2D eigenvalue weighted by molar-refractivity contribution is -0.116. The predicted molar refractivity (Wildman–Crippen MR) is 111 cm³/mol. The van der Waals surface area contributed by atoms with Gasteiger partial charge in [0.25, 0.3) is 0 Å². The van der Waals surface area contributed by atoms with Crippen LogP contribution in [0.3, 0.4) is 0 Å². The first-order valence-electron chi connectivity index (χ1n) is 8.99. The molecule has 1 aromatic heterocycles. The van der Waals surface area contributed by atoms with Crippen LogP contribution in [0.1, 0.15) is 11.1 Å². The number of carbonyl (C=O) groups excluding carboxylic acids is 1. The molecule has 0 fully saturated rings. The Balaban J connectivity index is 1.72. The van der Waals surface area contributed by atoms with E-state index in [1.165, 1.54) is 13.2 Å². The number of imidazole rings is 1. The van der Waals surface area contributed by atoms with E-state index in [1.54, 1.807) is 45.0 Å². The minimum Gasteiger partial charge on any atom is -0.493 e. The molecular weight excluding hydrogens is 370 g/mol. The first kappa shape index (κ1) is 20.0. The number of methoxy groups -OCH3 is 3. The minimum atomic E-state index is -0.220. The van der Waals surface area contributed by atoms with Crippen molar-refractivity contribution in [3.8, 4) is 22.9 Å². The van der Waals surface area contributed by atoms with Crippen LogP contribution in [0.15, 0.2) is 61.2 Å². The summed E-state index contributed by atoms with van der Waals surface area (Å²) < 4.78 is 18.0. The predicted octanol–water partition coefficient (Wildman–Crippen LogP) is 3.23. The highest BCUT2D eigenvalue weighted by Gasteiger charge is 2.14. The van der Waals surface area contributed by atoms with E-state index in [0.717, 1.165) is 11.3 Å². The molecule has 3 rings (SSSR count). The molecule has 0 aliphatic rings. The highest BCUT2D eigenvalue weighted by Crippen LogP contribution is 2.40. The lowest BCUT2D eigenvalue weighted by Gasteiger charge is -2.14. The summed E-state index contributed by atoms with van der Waals surface area (Å²) in [5.41, 5.74) is 2.66. The average molecular weight is 393 g/mol. The van der Waals surface area contributed by atoms with E-state index in [0.29, 0.717) is 29.4 Å². The summed E-state index contributed by atoms with van der Waals surface area (Å²) in [6, 6.07) is 11.4. The van der Waals surface area contributed by atoms with Crippen LogP contribution < -0.4 is 19.5 Å². The van der Waals surface area contributed by atoms with Crippen LogP contribution in [0.5, 0.6) is 17.2 Å². The number of para-hydroxylation sites is 1. The molecule has 1 heterocycles. The molecule has 0 unspecified atom stereocenters. The SMILES string of the molecule is COc1ccc(/C=C/C(=O)NCc2ccccc2-n2ccnc2)c(OC)c1OC. The van der Waals surface area contributed by atoms with Crippen LogP contribution in [0, 0.1) is 0 Å². The van der Waals surface area contributed by atoms with Gasteiger partial charge in [-0.3, -0.25) is 4.79 Å². The van der Waals surface area contributed by atoms with E-state index < -0.39 is 0 Å². The van der Waals surface area contributed by atoms with E-state index in [-0.39, 0.29) is 5.91 Å². The van der Waals surface area contributed by atoms with Crippen molar-refractivity contribution in [2.24, 2.45) is 0 Å². The van der Waals surface area contributed by atoms with Crippen molar-refractivity contribution in [1.82, 2.24) is 14.9 Å². The number of hydrogen-bond acceptors (Lipinski definition) is 5. The van der Waals surface area contributed by atoms with E-state index in [9.17, 15) is 4.79 Å². The Bertz CT molecular complexity index is 997. The highest BCUT2D eigenvalue weighted by atomic mass is 16.5. The molecule has 0 spiro atoms. The Labute approximate surface area is 169 Å². The fourth-order valence-electron chi connectivity index (χ4n) is 2.98. The fraction of sp³-hybridized carbons (Fsp3) is 0.182. The summed E-state index contributed by atoms with van der Waals surface area (Å²) in [5, 5.41) is 2.90. The molecule has 0 saturated heterocycles. The minimum absolute atomic E-state index is 0.220. The highest BCUT2D eigenvalue weighted by molar-refractivity contribution is 5.92. The Morgan fingerprint density at radius 3 is 2.55 bits per heavy atom. The number of nitrogens with one attached hydrogen (secondary N) is 1. The van der Waals surface area contributed by atoms with Crippen LogP contribution in [-0.4, -0.2) is 36.8 Å². The Hall–Kier alpha value is -3.74. The van der Waals surface area contributed by atoms with Gasteiger partial charge in [0.1, 0.15) is 0 Å². The Morgan fingerprint density at radius 1 is 1.07 bits per heavy atom. The monoisotopic (exact) mass is 393 g/mol. The zero-order chi connectivity index (χ0) is 20.6. The summed E-state index contributed by atoms with van der Waals surface area (Å²) in [7, 11) is 4.64. The van der Waals surface area contributed by atoms with Crippen LogP contribution in [-0.2, 0) is 11.3 Å². The van der Waals surface area contributed by atoms with Gasteiger partial charge in [-0.2, -0.15) is 0 Å². The normalized spacial score (nSPS) is 10.7. The summed E-state index contributed by atoms with van der Waals surface area (Å²) in [6.07, 6.45) is 8.45. The van der Waals surface area contributed by atoms with E-state index in [2.05, 4.69) is 10.3 Å². The van der Waals surface area contributed by atoms with Crippen molar-refractivity contribution in [3.63, 3.8) is 0 Å². The van der Waals surface area contributed by atoms with Crippen molar-refractivity contribution in [1.29, 1.82) is 0 Å². The lowest BCUT2D eigenvalue weighted by Crippen LogP contribution is -2.21. The molecule has 0 atom stereocenters. The quantitative estimate of drug-likeness (QED) is 0.595. The maximum atomic E-state index is 12.4. The molecule has 0 saturated carbocycles. The first-order chi connectivity index (χ1) is 14.2. The number of carbonyl (C=O) groups is 1. The number of hydrogen-bond donors (Lipinski definition) is 1. The molecule has 0 aliphatic carbocycles. The summed E-state index contributed by atoms with van der Waals surface area (Å²) in [6.45, 7) is 0.389. The number of benzene rings is 2. The second kappa shape index (κ2) is 9.45. The molecule has 1 amide bonds. The topological polar surface area (TPSA) is 74.6 Å².